The Kier molecular flexibility index (Phi) is 2.05. The van der Waals surface area contributed by atoms with Gasteiger partial charge in [0.25, 0.3) is 0 Å². The number of pyridine rings is 1. The van der Waals surface area contributed by atoms with Gasteiger partial charge < -0.3 is 0 Å². The van der Waals surface area contributed by atoms with Crippen LogP contribution in [0, 0.1) is 6.92 Å². The van der Waals surface area contributed by atoms with Crippen LogP contribution in [-0.2, 0) is 11.8 Å². The molecule has 0 atom stereocenters. The maximum absolute atomic E-state index is 4.79. The van der Waals surface area contributed by atoms with Crippen LogP contribution in [-0.4, -0.2) is 9.38 Å². The predicted octanol–water partition coefficient (Wildman–Crippen LogP) is 4.78. The van der Waals surface area contributed by atoms with Gasteiger partial charge in [-0.1, -0.05) is 50.2 Å². The van der Waals surface area contributed by atoms with Gasteiger partial charge in [-0.2, -0.15) is 0 Å². The minimum Gasteiger partial charge on any atom is -0.295 e. The summed E-state index contributed by atoms with van der Waals surface area (Å²) in [4.78, 5) is 4.79. The van der Waals surface area contributed by atoms with E-state index in [9.17, 15) is 0 Å². The molecule has 0 aliphatic carbocycles. The molecule has 22 heavy (non-hydrogen) atoms. The Morgan fingerprint density at radius 2 is 1.82 bits per heavy atom. The van der Waals surface area contributed by atoms with Crippen molar-refractivity contribution in [2.24, 2.45) is 0 Å². The van der Waals surface area contributed by atoms with Crippen LogP contribution in [0.15, 0.2) is 42.6 Å². The molecule has 1 aliphatic rings. The summed E-state index contributed by atoms with van der Waals surface area (Å²) >= 11 is 0. The number of aromatic nitrogens is 2. The minimum atomic E-state index is 0.122. The van der Waals surface area contributed by atoms with Crippen molar-refractivity contribution in [1.29, 1.82) is 0 Å². The second kappa shape index (κ2) is 3.70. The Labute approximate surface area is 129 Å². The molecular formula is C20H18N2. The van der Waals surface area contributed by atoms with Gasteiger partial charge in [-0.15, -0.1) is 0 Å². The van der Waals surface area contributed by atoms with E-state index in [-0.39, 0.29) is 5.41 Å². The zero-order valence-electron chi connectivity index (χ0n) is 13.1. The third-order valence-electron chi connectivity index (χ3n) is 5.22. The first-order valence-corrected chi connectivity index (χ1v) is 7.89. The first-order chi connectivity index (χ1) is 10.6. The van der Waals surface area contributed by atoms with Gasteiger partial charge in [0.05, 0.1) is 5.52 Å². The van der Waals surface area contributed by atoms with Gasteiger partial charge in [-0.05, 0) is 29.9 Å². The van der Waals surface area contributed by atoms with Crippen molar-refractivity contribution in [3.63, 3.8) is 0 Å². The van der Waals surface area contributed by atoms with E-state index in [1.54, 1.807) is 0 Å². The SMILES string of the molecule is Cc1ccc2c3c1c1ccccc1c1ncc(n13)C(C)(C)C2. The standard InChI is InChI=1S/C20H18N2/c1-12-8-9-13-10-20(2,3)16-11-21-19-15-7-5-4-6-14(15)17(12)18(13)22(16)19/h4-9,11H,10H2,1-3H3. The molecule has 0 saturated heterocycles. The highest BCUT2D eigenvalue weighted by Gasteiger charge is 2.32. The lowest BCUT2D eigenvalue weighted by atomic mass is 9.79. The Balaban J connectivity index is 2.23. The highest BCUT2D eigenvalue weighted by Crippen LogP contribution is 2.41. The quantitative estimate of drug-likeness (QED) is 0.425. The van der Waals surface area contributed by atoms with E-state index >= 15 is 0 Å². The van der Waals surface area contributed by atoms with Gasteiger partial charge in [0.2, 0.25) is 0 Å². The summed E-state index contributed by atoms with van der Waals surface area (Å²) in [6.45, 7) is 6.86. The lowest BCUT2D eigenvalue weighted by Gasteiger charge is -2.31. The monoisotopic (exact) mass is 286 g/mol. The van der Waals surface area contributed by atoms with Gasteiger partial charge >= 0.3 is 0 Å². The molecule has 0 amide bonds. The zero-order chi connectivity index (χ0) is 15.1. The molecule has 0 fully saturated rings. The number of fused-ring (bicyclic) bond motifs is 3. The molecule has 2 heteroatoms. The van der Waals surface area contributed by atoms with Crippen molar-refractivity contribution >= 4 is 27.3 Å². The largest absolute Gasteiger partial charge is 0.295 e. The lowest BCUT2D eigenvalue weighted by molar-refractivity contribution is 0.494. The van der Waals surface area contributed by atoms with Crippen molar-refractivity contribution in [3.8, 4) is 0 Å². The fourth-order valence-electron chi connectivity index (χ4n) is 4.18. The van der Waals surface area contributed by atoms with Crippen LogP contribution in [0.1, 0.15) is 30.7 Å². The average Bonchev–Trinajstić information content (AvgIpc) is 2.95. The molecule has 2 aromatic heterocycles. The number of hydrogen-bond acceptors (Lipinski definition) is 1. The van der Waals surface area contributed by atoms with Gasteiger partial charge in [-0.3, -0.25) is 4.40 Å². The van der Waals surface area contributed by atoms with E-state index in [1.165, 1.54) is 38.5 Å². The fourth-order valence-corrected chi connectivity index (χ4v) is 4.18. The molecule has 5 rings (SSSR count). The summed E-state index contributed by atoms with van der Waals surface area (Å²) in [5, 5.41) is 3.95. The first kappa shape index (κ1) is 12.2. The van der Waals surface area contributed by atoms with Crippen molar-refractivity contribution in [3.05, 3.63) is 59.4 Å². The van der Waals surface area contributed by atoms with Crippen LogP contribution in [0.2, 0.25) is 0 Å². The fraction of sp³-hybridized carbons (Fsp3) is 0.250. The maximum atomic E-state index is 4.79. The third-order valence-corrected chi connectivity index (χ3v) is 5.22. The maximum Gasteiger partial charge on any atom is 0.145 e. The molecule has 0 spiro atoms. The summed E-state index contributed by atoms with van der Waals surface area (Å²) in [7, 11) is 0. The molecule has 0 saturated carbocycles. The van der Waals surface area contributed by atoms with Crippen molar-refractivity contribution in [1.82, 2.24) is 9.38 Å². The summed E-state index contributed by atoms with van der Waals surface area (Å²) in [6, 6.07) is 13.2. The normalized spacial score (nSPS) is 16.1. The molecule has 3 heterocycles. The summed E-state index contributed by atoms with van der Waals surface area (Å²) < 4.78 is 2.41. The molecule has 0 bridgehead atoms. The molecule has 0 unspecified atom stereocenters. The van der Waals surface area contributed by atoms with Crippen LogP contribution in [0.5, 0.6) is 0 Å². The van der Waals surface area contributed by atoms with E-state index < -0.39 is 0 Å². The average molecular weight is 286 g/mol. The highest BCUT2D eigenvalue weighted by molar-refractivity contribution is 6.14. The minimum absolute atomic E-state index is 0.122. The van der Waals surface area contributed by atoms with Crippen molar-refractivity contribution in [2.45, 2.75) is 32.6 Å². The number of nitrogens with zero attached hydrogens (tertiary/aromatic N) is 2. The number of rotatable bonds is 0. The molecule has 1 aliphatic heterocycles. The Bertz CT molecular complexity index is 1080. The highest BCUT2D eigenvalue weighted by atomic mass is 15.0. The van der Waals surface area contributed by atoms with E-state index in [0.717, 1.165) is 12.1 Å². The molecular weight excluding hydrogens is 268 g/mol. The molecule has 0 N–H and O–H groups in total. The number of hydrogen-bond donors (Lipinski definition) is 0. The molecule has 108 valence electrons. The number of imidazole rings is 1. The second-order valence-electron chi connectivity index (χ2n) is 7.17. The molecule has 0 radical (unpaired) electrons. The van der Waals surface area contributed by atoms with Gasteiger partial charge in [-0.25, -0.2) is 4.98 Å². The van der Waals surface area contributed by atoms with Crippen molar-refractivity contribution < 1.29 is 0 Å². The van der Waals surface area contributed by atoms with Crippen LogP contribution in [0.25, 0.3) is 27.3 Å². The second-order valence-corrected chi connectivity index (χ2v) is 7.17. The third kappa shape index (κ3) is 1.29. The number of benzene rings is 2. The molecule has 2 nitrogen and oxygen atoms in total. The van der Waals surface area contributed by atoms with E-state index in [0.29, 0.717) is 0 Å². The van der Waals surface area contributed by atoms with Crippen LogP contribution < -0.4 is 0 Å². The lowest BCUT2D eigenvalue weighted by Crippen LogP contribution is -2.27. The Morgan fingerprint density at radius 1 is 1.05 bits per heavy atom. The van der Waals surface area contributed by atoms with Crippen LogP contribution >= 0.6 is 0 Å². The Hall–Kier alpha value is -2.35. The summed E-state index contributed by atoms with van der Waals surface area (Å²) in [6.07, 6.45) is 3.15. The van der Waals surface area contributed by atoms with Crippen molar-refractivity contribution in [2.75, 3.05) is 0 Å². The van der Waals surface area contributed by atoms with E-state index in [2.05, 4.69) is 67.8 Å². The van der Waals surface area contributed by atoms with E-state index in [4.69, 9.17) is 4.98 Å². The van der Waals surface area contributed by atoms with E-state index in [1.807, 2.05) is 0 Å². The van der Waals surface area contributed by atoms with Gasteiger partial charge in [0, 0.05) is 28.1 Å². The summed E-state index contributed by atoms with van der Waals surface area (Å²) in [5.74, 6) is 0. The zero-order valence-corrected chi connectivity index (χ0v) is 13.1. The Morgan fingerprint density at radius 3 is 2.64 bits per heavy atom. The topological polar surface area (TPSA) is 17.3 Å². The first-order valence-electron chi connectivity index (χ1n) is 7.89. The molecule has 2 aromatic carbocycles. The van der Waals surface area contributed by atoms with Gasteiger partial charge in [0.1, 0.15) is 5.65 Å². The summed E-state index contributed by atoms with van der Waals surface area (Å²) in [5.41, 5.74) is 6.69. The predicted molar refractivity (Wildman–Crippen MR) is 91.7 cm³/mol. The van der Waals surface area contributed by atoms with Crippen LogP contribution in [0.4, 0.5) is 0 Å². The number of aryl methyl sites for hydroxylation is 1. The smallest absolute Gasteiger partial charge is 0.145 e. The van der Waals surface area contributed by atoms with Crippen LogP contribution in [0.3, 0.4) is 0 Å². The van der Waals surface area contributed by atoms with Gasteiger partial charge in [0.15, 0.2) is 0 Å². The molecule has 4 aromatic rings.